The molecular weight excluding hydrogens is 212 g/mol. The normalized spacial score (nSPS) is 13.9. The Bertz CT molecular complexity index is 411. The molecule has 72 valence electrons. The molecule has 1 aliphatic heterocycles. The topological polar surface area (TPSA) is 9.86 Å². The van der Waals surface area contributed by atoms with Gasteiger partial charge >= 0.3 is 0 Å². The van der Waals surface area contributed by atoms with Crippen molar-refractivity contribution in [2.24, 2.45) is 14.1 Å². The zero-order valence-electron chi connectivity index (χ0n) is 8.02. The summed E-state index contributed by atoms with van der Waals surface area (Å²) in [5, 5.41) is 0. The standard InChI is InChI=1S/C10H10N2S2/c1-11-3-7-8(4-11)14-10-6-12(2)5-9(10)13-7/h3-6H,1-2H3. The summed E-state index contributed by atoms with van der Waals surface area (Å²) in [7, 11) is 4.15. The van der Waals surface area contributed by atoms with Crippen molar-refractivity contribution in [3.8, 4) is 0 Å². The molecule has 2 aromatic heterocycles. The second-order valence-electron chi connectivity index (χ2n) is 3.51. The Hall–Kier alpha value is -0.740. The summed E-state index contributed by atoms with van der Waals surface area (Å²) >= 11 is 3.72. The van der Waals surface area contributed by atoms with Gasteiger partial charge in [0.15, 0.2) is 0 Å². The highest BCUT2D eigenvalue weighted by Crippen LogP contribution is 2.48. The van der Waals surface area contributed by atoms with Crippen LogP contribution in [0.25, 0.3) is 0 Å². The molecule has 0 unspecified atom stereocenters. The Morgan fingerprint density at radius 3 is 1.29 bits per heavy atom. The maximum atomic E-state index is 2.18. The summed E-state index contributed by atoms with van der Waals surface area (Å²) < 4.78 is 4.24. The van der Waals surface area contributed by atoms with Crippen LogP contribution in [-0.2, 0) is 14.1 Å². The molecule has 4 heteroatoms. The minimum absolute atomic E-state index is 1.37. The maximum absolute atomic E-state index is 2.18. The van der Waals surface area contributed by atoms with Gasteiger partial charge in [-0.1, -0.05) is 23.5 Å². The fraction of sp³-hybridized carbons (Fsp3) is 0.200. The fourth-order valence-electron chi connectivity index (χ4n) is 1.61. The number of hydrogen-bond donors (Lipinski definition) is 0. The number of nitrogens with zero attached hydrogens (tertiary/aromatic N) is 2. The lowest BCUT2D eigenvalue weighted by molar-refractivity contribution is 0.914. The van der Waals surface area contributed by atoms with Crippen molar-refractivity contribution in [3.05, 3.63) is 24.8 Å². The molecule has 3 heterocycles. The molecule has 1 aliphatic rings. The molecule has 0 saturated heterocycles. The zero-order valence-corrected chi connectivity index (χ0v) is 9.65. The predicted molar refractivity (Wildman–Crippen MR) is 59.1 cm³/mol. The van der Waals surface area contributed by atoms with E-state index in [4.69, 9.17) is 0 Å². The minimum Gasteiger partial charge on any atom is -0.355 e. The molecule has 0 fully saturated rings. The van der Waals surface area contributed by atoms with E-state index in [2.05, 4.69) is 48.0 Å². The van der Waals surface area contributed by atoms with E-state index in [-0.39, 0.29) is 0 Å². The molecule has 0 spiro atoms. The van der Waals surface area contributed by atoms with Crippen molar-refractivity contribution in [2.75, 3.05) is 0 Å². The van der Waals surface area contributed by atoms with Crippen LogP contribution in [0.15, 0.2) is 44.4 Å². The van der Waals surface area contributed by atoms with Crippen LogP contribution in [-0.4, -0.2) is 9.13 Å². The van der Waals surface area contributed by atoms with Crippen molar-refractivity contribution >= 4 is 23.5 Å². The van der Waals surface area contributed by atoms with Crippen LogP contribution >= 0.6 is 23.5 Å². The van der Waals surface area contributed by atoms with Gasteiger partial charge < -0.3 is 9.13 Å². The lowest BCUT2D eigenvalue weighted by Gasteiger charge is -2.09. The molecule has 14 heavy (non-hydrogen) atoms. The van der Waals surface area contributed by atoms with Crippen molar-refractivity contribution in [1.29, 1.82) is 0 Å². The number of fused-ring (bicyclic) bond motifs is 2. The molecule has 0 aliphatic carbocycles. The lowest BCUT2D eigenvalue weighted by atomic mass is 10.6. The smallest absolute Gasteiger partial charge is 0.0439 e. The van der Waals surface area contributed by atoms with Crippen molar-refractivity contribution in [1.82, 2.24) is 9.13 Å². The van der Waals surface area contributed by atoms with E-state index in [0.717, 1.165) is 0 Å². The third-order valence-corrected chi connectivity index (χ3v) is 4.65. The molecule has 0 radical (unpaired) electrons. The van der Waals surface area contributed by atoms with Gasteiger partial charge in [-0.05, 0) is 0 Å². The lowest BCUT2D eigenvalue weighted by Crippen LogP contribution is -1.79. The van der Waals surface area contributed by atoms with Crippen molar-refractivity contribution in [3.63, 3.8) is 0 Å². The summed E-state index contributed by atoms with van der Waals surface area (Å²) in [6, 6.07) is 0. The van der Waals surface area contributed by atoms with Gasteiger partial charge in [-0.2, -0.15) is 0 Å². The summed E-state index contributed by atoms with van der Waals surface area (Å²) in [5.74, 6) is 0. The summed E-state index contributed by atoms with van der Waals surface area (Å²) in [6.45, 7) is 0. The number of aromatic nitrogens is 2. The Labute approximate surface area is 91.3 Å². The van der Waals surface area contributed by atoms with Gasteiger partial charge in [0.05, 0.1) is 0 Å². The Balaban J connectivity index is 2.10. The first kappa shape index (κ1) is 8.56. The number of hydrogen-bond acceptors (Lipinski definition) is 2. The molecule has 2 nitrogen and oxygen atoms in total. The molecule has 0 atom stereocenters. The third kappa shape index (κ3) is 1.21. The maximum Gasteiger partial charge on any atom is 0.0439 e. The summed E-state index contributed by atoms with van der Waals surface area (Å²) in [4.78, 5) is 5.49. The largest absolute Gasteiger partial charge is 0.355 e. The average Bonchev–Trinajstić information content (AvgIpc) is 2.59. The van der Waals surface area contributed by atoms with Crippen molar-refractivity contribution < 1.29 is 0 Å². The molecule has 0 bridgehead atoms. The van der Waals surface area contributed by atoms with E-state index in [0.29, 0.717) is 0 Å². The van der Waals surface area contributed by atoms with Gasteiger partial charge in [-0.15, -0.1) is 0 Å². The van der Waals surface area contributed by atoms with Crippen LogP contribution in [0.5, 0.6) is 0 Å². The first-order valence-corrected chi connectivity index (χ1v) is 6.03. The van der Waals surface area contributed by atoms with E-state index in [1.165, 1.54) is 19.6 Å². The average molecular weight is 222 g/mol. The molecule has 0 saturated carbocycles. The molecule has 0 amide bonds. The third-order valence-electron chi connectivity index (χ3n) is 2.21. The number of aryl methyl sites for hydroxylation is 2. The van der Waals surface area contributed by atoms with Crippen LogP contribution in [0.1, 0.15) is 0 Å². The van der Waals surface area contributed by atoms with Crippen LogP contribution in [0.3, 0.4) is 0 Å². The van der Waals surface area contributed by atoms with Crippen LogP contribution < -0.4 is 0 Å². The highest BCUT2D eigenvalue weighted by molar-refractivity contribution is 8.05. The molecule has 0 aromatic carbocycles. The summed E-state index contributed by atoms with van der Waals surface area (Å²) in [5.41, 5.74) is 0. The zero-order chi connectivity index (χ0) is 9.71. The molecule has 0 N–H and O–H groups in total. The summed E-state index contributed by atoms with van der Waals surface area (Å²) in [6.07, 6.45) is 8.73. The first-order valence-electron chi connectivity index (χ1n) is 4.40. The Kier molecular flexibility index (Phi) is 1.76. The van der Waals surface area contributed by atoms with Crippen molar-refractivity contribution in [2.45, 2.75) is 19.6 Å². The highest BCUT2D eigenvalue weighted by atomic mass is 32.2. The van der Waals surface area contributed by atoms with E-state index >= 15 is 0 Å². The Morgan fingerprint density at radius 1 is 0.714 bits per heavy atom. The van der Waals surface area contributed by atoms with Gasteiger partial charge in [0.1, 0.15) is 0 Å². The fourth-order valence-corrected chi connectivity index (χ4v) is 4.08. The van der Waals surface area contributed by atoms with Gasteiger partial charge in [0.2, 0.25) is 0 Å². The van der Waals surface area contributed by atoms with Crippen LogP contribution in [0.2, 0.25) is 0 Å². The predicted octanol–water partition coefficient (Wildman–Crippen LogP) is 2.98. The van der Waals surface area contributed by atoms with Gasteiger partial charge in [-0.3, -0.25) is 0 Å². The van der Waals surface area contributed by atoms with E-state index in [9.17, 15) is 0 Å². The van der Waals surface area contributed by atoms with Gasteiger partial charge in [0, 0.05) is 58.5 Å². The second kappa shape index (κ2) is 2.87. The van der Waals surface area contributed by atoms with Gasteiger partial charge in [0.25, 0.3) is 0 Å². The number of rotatable bonds is 0. The van der Waals surface area contributed by atoms with E-state index in [1.54, 1.807) is 0 Å². The quantitative estimate of drug-likeness (QED) is 0.578. The Morgan fingerprint density at radius 2 is 1.00 bits per heavy atom. The van der Waals surface area contributed by atoms with Crippen LogP contribution in [0.4, 0.5) is 0 Å². The molecular formula is C10H10N2S2. The first-order chi connectivity index (χ1) is 6.72. The van der Waals surface area contributed by atoms with E-state index in [1.807, 2.05) is 23.5 Å². The molecule has 2 aromatic rings. The second-order valence-corrected chi connectivity index (χ2v) is 5.68. The van der Waals surface area contributed by atoms with Gasteiger partial charge in [-0.25, -0.2) is 0 Å². The van der Waals surface area contributed by atoms with E-state index < -0.39 is 0 Å². The van der Waals surface area contributed by atoms with Crippen LogP contribution in [0, 0.1) is 0 Å². The molecule has 3 rings (SSSR count). The monoisotopic (exact) mass is 222 g/mol. The highest BCUT2D eigenvalue weighted by Gasteiger charge is 2.19. The SMILES string of the molecule is Cn1cc2c(c1)Sc1cn(C)cc1S2. The minimum atomic E-state index is 1.37.